The van der Waals surface area contributed by atoms with Crippen molar-refractivity contribution in [3.8, 4) is 11.5 Å². The minimum Gasteiger partial charge on any atom is -0.493 e. The third-order valence-electron chi connectivity index (χ3n) is 4.51. The van der Waals surface area contributed by atoms with Gasteiger partial charge in [0.25, 0.3) is 0 Å². The number of nitrogens with zero attached hydrogens (tertiary/aromatic N) is 3. The molecule has 2 aromatic carbocycles. The predicted molar refractivity (Wildman–Crippen MR) is 125 cm³/mol. The van der Waals surface area contributed by atoms with Crippen molar-refractivity contribution in [3.63, 3.8) is 0 Å². The molecular weight excluding hydrogens is 444 g/mol. The van der Waals surface area contributed by atoms with Gasteiger partial charge in [0.2, 0.25) is 5.91 Å². The molecule has 3 aromatic rings. The summed E-state index contributed by atoms with van der Waals surface area (Å²) in [6.07, 6.45) is 1.71. The van der Waals surface area contributed by atoms with Crippen LogP contribution in [-0.2, 0) is 17.9 Å². The third kappa shape index (κ3) is 6.36. The number of hydrogen-bond acceptors (Lipinski definition) is 7. The topological polar surface area (TPSA) is 116 Å². The fourth-order valence-electron chi connectivity index (χ4n) is 2.94. The Bertz CT molecular complexity index is 1160. The fourth-order valence-corrected chi connectivity index (χ4v) is 3.71. The number of carboxylic acids is 1. The highest BCUT2D eigenvalue weighted by Gasteiger charge is 2.15. The van der Waals surface area contributed by atoms with Crippen LogP contribution >= 0.6 is 11.8 Å². The molecule has 1 heterocycles. The normalized spacial score (nSPS) is 10.5. The van der Waals surface area contributed by atoms with Gasteiger partial charge in [-0.3, -0.25) is 9.36 Å². The lowest BCUT2D eigenvalue weighted by Crippen LogP contribution is -2.15. The molecule has 0 saturated heterocycles. The van der Waals surface area contributed by atoms with Crippen molar-refractivity contribution >= 4 is 29.3 Å². The van der Waals surface area contributed by atoms with Gasteiger partial charge in [-0.2, -0.15) is 0 Å². The Morgan fingerprint density at radius 2 is 2.03 bits per heavy atom. The summed E-state index contributed by atoms with van der Waals surface area (Å²) < 4.78 is 13.1. The fraction of sp³-hybridized carbons (Fsp3) is 0.217. The lowest BCUT2D eigenvalue weighted by molar-refractivity contribution is -0.113. The van der Waals surface area contributed by atoms with Gasteiger partial charge in [-0.25, -0.2) is 4.79 Å². The van der Waals surface area contributed by atoms with E-state index in [1.54, 1.807) is 25.3 Å². The van der Waals surface area contributed by atoms with E-state index >= 15 is 0 Å². The number of allylic oxidation sites excluding steroid dienone is 1. The Labute approximate surface area is 195 Å². The maximum absolute atomic E-state index is 12.4. The average Bonchev–Trinajstić information content (AvgIpc) is 3.18. The minimum atomic E-state index is -1.06. The van der Waals surface area contributed by atoms with Gasteiger partial charge in [0.1, 0.15) is 6.61 Å². The van der Waals surface area contributed by atoms with E-state index < -0.39 is 5.97 Å². The van der Waals surface area contributed by atoms with Gasteiger partial charge in [-0.15, -0.1) is 16.8 Å². The Balaban J connectivity index is 1.64. The molecule has 1 aromatic heterocycles. The van der Waals surface area contributed by atoms with Gasteiger partial charge in [0, 0.05) is 12.2 Å². The lowest BCUT2D eigenvalue weighted by Gasteiger charge is -2.12. The molecule has 3 rings (SSSR count). The van der Waals surface area contributed by atoms with E-state index in [0.29, 0.717) is 34.7 Å². The second kappa shape index (κ2) is 11.2. The summed E-state index contributed by atoms with van der Waals surface area (Å²) in [7, 11) is 1.58. The van der Waals surface area contributed by atoms with Crippen molar-refractivity contribution in [1.29, 1.82) is 0 Å². The highest BCUT2D eigenvalue weighted by atomic mass is 32.2. The molecule has 0 unspecified atom stereocenters. The second-order valence-electron chi connectivity index (χ2n) is 6.96. The van der Waals surface area contributed by atoms with E-state index in [0.717, 1.165) is 5.56 Å². The second-order valence-corrected chi connectivity index (χ2v) is 7.91. The van der Waals surface area contributed by atoms with E-state index in [4.69, 9.17) is 14.6 Å². The zero-order valence-corrected chi connectivity index (χ0v) is 19.1. The highest BCUT2D eigenvalue weighted by molar-refractivity contribution is 7.99. The SMILES string of the molecule is C=CCn1c(COc2ccc(C)cc2OC)nnc1SCC(=O)Nc1cccc(C(=O)O)c1. The monoisotopic (exact) mass is 468 g/mol. The number of anilines is 1. The standard InChI is InChI=1S/C23H24N4O5S/c1-4-10-27-20(13-32-18-9-8-15(2)11-19(18)31-3)25-26-23(27)33-14-21(28)24-17-7-5-6-16(12-17)22(29)30/h4-9,11-12H,1,10,13-14H2,2-3H3,(H,24,28)(H,29,30). The molecule has 0 aliphatic heterocycles. The molecule has 1 amide bonds. The number of hydrogen-bond donors (Lipinski definition) is 2. The summed E-state index contributed by atoms with van der Waals surface area (Å²) in [6.45, 7) is 6.35. The van der Waals surface area contributed by atoms with Crippen LogP contribution in [0.3, 0.4) is 0 Å². The lowest BCUT2D eigenvalue weighted by atomic mass is 10.2. The number of aryl methyl sites for hydroxylation is 1. The molecule has 0 bridgehead atoms. The van der Waals surface area contributed by atoms with Gasteiger partial charge >= 0.3 is 5.97 Å². The van der Waals surface area contributed by atoms with Gasteiger partial charge < -0.3 is 19.9 Å². The number of thioether (sulfide) groups is 1. The van der Waals surface area contributed by atoms with E-state index in [1.807, 2.05) is 29.7 Å². The van der Waals surface area contributed by atoms with Crippen molar-refractivity contribution in [3.05, 3.63) is 72.1 Å². The average molecular weight is 469 g/mol. The van der Waals surface area contributed by atoms with E-state index in [-0.39, 0.29) is 23.8 Å². The molecular formula is C23H24N4O5S. The van der Waals surface area contributed by atoms with Gasteiger partial charge in [-0.05, 0) is 42.8 Å². The van der Waals surface area contributed by atoms with E-state index in [1.165, 1.54) is 23.9 Å². The van der Waals surface area contributed by atoms with Crippen LogP contribution in [0.15, 0.2) is 60.3 Å². The predicted octanol–water partition coefficient (Wildman–Crippen LogP) is 3.79. The maximum Gasteiger partial charge on any atom is 0.335 e. The largest absolute Gasteiger partial charge is 0.493 e. The number of carbonyl (C=O) groups is 2. The van der Waals surface area contributed by atoms with Crippen LogP contribution in [0.25, 0.3) is 0 Å². The molecule has 2 N–H and O–H groups in total. The van der Waals surface area contributed by atoms with Crippen LogP contribution in [0, 0.1) is 6.92 Å². The van der Waals surface area contributed by atoms with E-state index in [2.05, 4.69) is 22.1 Å². The Morgan fingerprint density at radius 1 is 1.21 bits per heavy atom. The molecule has 0 spiro atoms. The first-order valence-electron chi connectivity index (χ1n) is 9.97. The van der Waals surface area contributed by atoms with Crippen LogP contribution in [0.5, 0.6) is 11.5 Å². The number of benzene rings is 2. The van der Waals surface area contributed by atoms with Crippen molar-refractivity contribution in [2.45, 2.75) is 25.2 Å². The summed E-state index contributed by atoms with van der Waals surface area (Å²) in [5.74, 6) is 0.513. The number of carboxylic acid groups (broad SMARTS) is 1. The summed E-state index contributed by atoms with van der Waals surface area (Å²) in [4.78, 5) is 23.4. The summed E-state index contributed by atoms with van der Waals surface area (Å²) in [5.41, 5.74) is 1.57. The number of aromatic nitrogens is 3. The van der Waals surface area contributed by atoms with Gasteiger partial charge in [0.15, 0.2) is 22.5 Å². The number of rotatable bonds is 11. The summed E-state index contributed by atoms with van der Waals surface area (Å²) >= 11 is 1.21. The molecule has 33 heavy (non-hydrogen) atoms. The molecule has 0 atom stereocenters. The van der Waals surface area contributed by atoms with Crippen molar-refractivity contribution in [2.75, 3.05) is 18.2 Å². The summed E-state index contributed by atoms with van der Waals surface area (Å²) in [5, 5.41) is 20.7. The number of amides is 1. The van der Waals surface area contributed by atoms with Crippen molar-refractivity contribution in [2.24, 2.45) is 0 Å². The van der Waals surface area contributed by atoms with Gasteiger partial charge in [0.05, 0.1) is 18.4 Å². The first-order chi connectivity index (χ1) is 15.9. The Kier molecular flexibility index (Phi) is 8.09. The zero-order valence-electron chi connectivity index (χ0n) is 18.3. The molecule has 10 heteroatoms. The molecule has 0 aliphatic carbocycles. The number of carbonyl (C=O) groups excluding carboxylic acids is 1. The molecule has 172 valence electrons. The molecule has 9 nitrogen and oxygen atoms in total. The van der Waals surface area contributed by atoms with Crippen molar-refractivity contribution < 1.29 is 24.2 Å². The maximum atomic E-state index is 12.4. The molecule has 0 radical (unpaired) electrons. The number of nitrogens with one attached hydrogen (secondary N) is 1. The first kappa shape index (κ1) is 23.9. The van der Waals surface area contributed by atoms with Crippen LogP contribution in [-0.4, -0.2) is 44.6 Å². The van der Waals surface area contributed by atoms with Gasteiger partial charge in [-0.1, -0.05) is 30.0 Å². The quantitative estimate of drug-likeness (QED) is 0.323. The zero-order chi connectivity index (χ0) is 23.8. The Hall–Kier alpha value is -3.79. The third-order valence-corrected chi connectivity index (χ3v) is 5.47. The molecule has 0 fully saturated rings. The molecule has 0 saturated carbocycles. The van der Waals surface area contributed by atoms with Crippen LogP contribution in [0.2, 0.25) is 0 Å². The van der Waals surface area contributed by atoms with Crippen LogP contribution < -0.4 is 14.8 Å². The van der Waals surface area contributed by atoms with Crippen molar-refractivity contribution in [1.82, 2.24) is 14.8 Å². The number of ether oxygens (including phenoxy) is 2. The van der Waals surface area contributed by atoms with Crippen LogP contribution in [0.4, 0.5) is 5.69 Å². The number of methoxy groups -OCH3 is 1. The van der Waals surface area contributed by atoms with E-state index in [9.17, 15) is 9.59 Å². The minimum absolute atomic E-state index is 0.0687. The highest BCUT2D eigenvalue weighted by Crippen LogP contribution is 2.28. The van der Waals surface area contributed by atoms with Crippen LogP contribution in [0.1, 0.15) is 21.7 Å². The molecule has 0 aliphatic rings. The first-order valence-corrected chi connectivity index (χ1v) is 11.0. The number of aromatic carboxylic acids is 1. The smallest absolute Gasteiger partial charge is 0.335 e. The Morgan fingerprint density at radius 3 is 2.76 bits per heavy atom. The summed E-state index contributed by atoms with van der Waals surface area (Å²) in [6, 6.07) is 11.7.